The van der Waals surface area contributed by atoms with Crippen LogP contribution in [0.3, 0.4) is 0 Å². The quantitative estimate of drug-likeness (QED) is 0.895. The molecule has 1 saturated carbocycles. The number of ether oxygens (including phenoxy) is 1. The Labute approximate surface area is 127 Å². The van der Waals surface area contributed by atoms with Gasteiger partial charge in [0.15, 0.2) is 0 Å². The first-order valence-corrected chi connectivity index (χ1v) is 7.61. The van der Waals surface area contributed by atoms with E-state index in [4.69, 9.17) is 4.74 Å². The SMILES string of the molecule is COc1cc(C)c(CNC2CC2c2ccccc2)cc1C. The number of hydrogen-bond donors (Lipinski definition) is 1. The number of rotatable bonds is 5. The molecule has 2 heteroatoms. The van der Waals surface area contributed by atoms with Crippen LogP contribution < -0.4 is 10.1 Å². The van der Waals surface area contributed by atoms with Crippen molar-refractivity contribution in [1.29, 1.82) is 0 Å². The van der Waals surface area contributed by atoms with Crippen LogP contribution in [-0.4, -0.2) is 13.2 Å². The molecular weight excluding hydrogens is 258 g/mol. The number of methoxy groups -OCH3 is 1. The van der Waals surface area contributed by atoms with Crippen molar-refractivity contribution in [1.82, 2.24) is 5.32 Å². The molecule has 0 amide bonds. The lowest BCUT2D eigenvalue weighted by molar-refractivity contribution is 0.411. The second kappa shape index (κ2) is 5.90. The molecule has 21 heavy (non-hydrogen) atoms. The summed E-state index contributed by atoms with van der Waals surface area (Å²) in [7, 11) is 1.73. The predicted octanol–water partition coefficient (Wildman–Crippen LogP) is 3.96. The molecule has 1 fully saturated rings. The maximum Gasteiger partial charge on any atom is 0.122 e. The van der Waals surface area contributed by atoms with Gasteiger partial charge in [-0.15, -0.1) is 0 Å². The summed E-state index contributed by atoms with van der Waals surface area (Å²) in [5.41, 5.74) is 5.32. The van der Waals surface area contributed by atoms with Crippen LogP contribution in [0.1, 0.15) is 34.6 Å². The van der Waals surface area contributed by atoms with Gasteiger partial charge in [-0.2, -0.15) is 0 Å². The summed E-state index contributed by atoms with van der Waals surface area (Å²) >= 11 is 0. The van der Waals surface area contributed by atoms with E-state index >= 15 is 0 Å². The van der Waals surface area contributed by atoms with Gasteiger partial charge in [-0.25, -0.2) is 0 Å². The first-order valence-electron chi connectivity index (χ1n) is 7.61. The lowest BCUT2D eigenvalue weighted by Crippen LogP contribution is -2.18. The van der Waals surface area contributed by atoms with Gasteiger partial charge in [0.1, 0.15) is 5.75 Å². The molecule has 3 rings (SSSR count). The van der Waals surface area contributed by atoms with Crippen LogP contribution in [0.25, 0.3) is 0 Å². The van der Waals surface area contributed by atoms with E-state index in [9.17, 15) is 0 Å². The Morgan fingerprint density at radius 1 is 1.10 bits per heavy atom. The summed E-state index contributed by atoms with van der Waals surface area (Å²) in [6.07, 6.45) is 1.25. The van der Waals surface area contributed by atoms with E-state index in [1.54, 1.807) is 7.11 Å². The smallest absolute Gasteiger partial charge is 0.122 e. The summed E-state index contributed by atoms with van der Waals surface area (Å²) < 4.78 is 5.37. The maximum absolute atomic E-state index is 5.37. The van der Waals surface area contributed by atoms with Gasteiger partial charge in [0, 0.05) is 18.5 Å². The molecule has 0 aliphatic heterocycles. The number of nitrogens with one attached hydrogen (secondary N) is 1. The third kappa shape index (κ3) is 3.11. The van der Waals surface area contributed by atoms with E-state index < -0.39 is 0 Å². The monoisotopic (exact) mass is 281 g/mol. The van der Waals surface area contributed by atoms with E-state index in [2.05, 4.69) is 61.6 Å². The van der Waals surface area contributed by atoms with E-state index in [1.807, 2.05) is 0 Å². The highest BCUT2D eigenvalue weighted by molar-refractivity contribution is 5.41. The lowest BCUT2D eigenvalue weighted by Gasteiger charge is -2.12. The molecule has 2 aromatic carbocycles. The van der Waals surface area contributed by atoms with E-state index in [0.717, 1.165) is 12.3 Å². The van der Waals surface area contributed by atoms with Crippen LogP contribution in [-0.2, 0) is 6.54 Å². The summed E-state index contributed by atoms with van der Waals surface area (Å²) in [5, 5.41) is 3.69. The van der Waals surface area contributed by atoms with Crippen molar-refractivity contribution in [2.45, 2.75) is 38.8 Å². The standard InChI is InChI=1S/C19H23NO/c1-13-10-19(21-3)14(2)9-16(13)12-20-18-11-17(18)15-7-5-4-6-8-15/h4-10,17-18,20H,11-12H2,1-3H3. The van der Waals surface area contributed by atoms with Crippen LogP contribution >= 0.6 is 0 Å². The summed E-state index contributed by atoms with van der Waals surface area (Å²) in [5.74, 6) is 1.66. The Balaban J connectivity index is 1.61. The van der Waals surface area contributed by atoms with Gasteiger partial charge >= 0.3 is 0 Å². The molecule has 0 saturated heterocycles. The zero-order valence-electron chi connectivity index (χ0n) is 13.0. The van der Waals surface area contributed by atoms with Gasteiger partial charge in [0.2, 0.25) is 0 Å². The van der Waals surface area contributed by atoms with Crippen molar-refractivity contribution >= 4 is 0 Å². The lowest BCUT2D eigenvalue weighted by atomic mass is 10.0. The highest BCUT2D eigenvalue weighted by Gasteiger charge is 2.37. The van der Waals surface area contributed by atoms with Gasteiger partial charge in [0.25, 0.3) is 0 Å². The molecule has 1 aliphatic rings. The summed E-state index contributed by atoms with van der Waals surface area (Å²) in [6.45, 7) is 5.19. The highest BCUT2D eigenvalue weighted by Crippen LogP contribution is 2.40. The molecule has 0 heterocycles. The summed E-state index contributed by atoms with van der Waals surface area (Å²) in [6, 6.07) is 15.8. The molecule has 2 nitrogen and oxygen atoms in total. The molecule has 110 valence electrons. The molecule has 1 aliphatic carbocycles. The second-order valence-electron chi connectivity index (χ2n) is 5.99. The van der Waals surface area contributed by atoms with Crippen LogP contribution in [0.4, 0.5) is 0 Å². The Bertz CT molecular complexity index is 621. The molecule has 2 unspecified atom stereocenters. The zero-order valence-corrected chi connectivity index (χ0v) is 13.0. The average Bonchev–Trinajstić information content (AvgIpc) is 3.28. The van der Waals surface area contributed by atoms with Crippen molar-refractivity contribution in [3.8, 4) is 5.75 Å². The first kappa shape index (κ1) is 14.2. The largest absolute Gasteiger partial charge is 0.496 e. The fourth-order valence-corrected chi connectivity index (χ4v) is 2.99. The molecule has 0 aromatic heterocycles. The molecular formula is C19H23NO. The highest BCUT2D eigenvalue weighted by atomic mass is 16.5. The van der Waals surface area contributed by atoms with Crippen molar-refractivity contribution in [2.24, 2.45) is 0 Å². The van der Waals surface area contributed by atoms with Crippen LogP contribution in [0.15, 0.2) is 42.5 Å². The minimum atomic E-state index is 0.620. The second-order valence-corrected chi connectivity index (χ2v) is 5.99. The van der Waals surface area contributed by atoms with Crippen LogP contribution in [0.5, 0.6) is 5.75 Å². The Kier molecular flexibility index (Phi) is 3.98. The van der Waals surface area contributed by atoms with Crippen molar-refractivity contribution in [3.05, 3.63) is 64.7 Å². The van der Waals surface area contributed by atoms with E-state index in [1.165, 1.54) is 28.7 Å². The number of benzene rings is 2. The van der Waals surface area contributed by atoms with Gasteiger partial charge in [-0.1, -0.05) is 36.4 Å². The minimum absolute atomic E-state index is 0.620. The Hall–Kier alpha value is -1.80. The zero-order chi connectivity index (χ0) is 14.8. The Morgan fingerprint density at radius 3 is 2.57 bits per heavy atom. The van der Waals surface area contributed by atoms with E-state index in [0.29, 0.717) is 12.0 Å². The van der Waals surface area contributed by atoms with Gasteiger partial charge in [0.05, 0.1) is 7.11 Å². The average molecular weight is 281 g/mol. The third-order valence-electron chi connectivity index (χ3n) is 4.43. The van der Waals surface area contributed by atoms with E-state index in [-0.39, 0.29) is 0 Å². The molecule has 2 atom stereocenters. The molecule has 2 aromatic rings. The van der Waals surface area contributed by atoms with Crippen molar-refractivity contribution in [2.75, 3.05) is 7.11 Å². The Morgan fingerprint density at radius 2 is 1.86 bits per heavy atom. The molecule has 0 spiro atoms. The van der Waals surface area contributed by atoms with Crippen LogP contribution in [0, 0.1) is 13.8 Å². The fraction of sp³-hybridized carbons (Fsp3) is 0.368. The topological polar surface area (TPSA) is 21.3 Å². The van der Waals surface area contributed by atoms with Crippen molar-refractivity contribution in [3.63, 3.8) is 0 Å². The number of hydrogen-bond acceptors (Lipinski definition) is 2. The van der Waals surface area contributed by atoms with Crippen LogP contribution in [0.2, 0.25) is 0 Å². The minimum Gasteiger partial charge on any atom is -0.496 e. The fourth-order valence-electron chi connectivity index (χ4n) is 2.99. The van der Waals surface area contributed by atoms with Gasteiger partial charge < -0.3 is 10.1 Å². The molecule has 1 N–H and O–H groups in total. The third-order valence-corrected chi connectivity index (χ3v) is 4.43. The summed E-state index contributed by atoms with van der Waals surface area (Å²) in [4.78, 5) is 0. The molecule has 0 bridgehead atoms. The number of aryl methyl sites for hydroxylation is 2. The molecule has 0 radical (unpaired) electrons. The van der Waals surface area contributed by atoms with Crippen molar-refractivity contribution < 1.29 is 4.74 Å². The predicted molar refractivity (Wildman–Crippen MR) is 86.9 cm³/mol. The van der Waals surface area contributed by atoms with Gasteiger partial charge in [-0.3, -0.25) is 0 Å². The van der Waals surface area contributed by atoms with Gasteiger partial charge in [-0.05, 0) is 48.6 Å². The maximum atomic E-state index is 5.37. The first-order chi connectivity index (χ1) is 10.2. The normalized spacial score (nSPS) is 20.3.